The minimum Gasteiger partial charge on any atom is -0.466 e. The van der Waals surface area contributed by atoms with Crippen LogP contribution in [0.3, 0.4) is 0 Å². The van der Waals surface area contributed by atoms with E-state index in [2.05, 4.69) is 26.0 Å². The summed E-state index contributed by atoms with van der Waals surface area (Å²) in [5.74, 6) is 0.00167. The van der Waals surface area contributed by atoms with Crippen molar-refractivity contribution in [2.24, 2.45) is 0 Å². The number of esters is 1. The second-order valence-corrected chi connectivity index (χ2v) is 11.7. The molecule has 0 saturated carbocycles. The Morgan fingerprint density at radius 1 is 0.579 bits per heavy atom. The number of hydrogen-bond donors (Lipinski definition) is 1. The number of carbonyl (C=O) groups is 1. The highest BCUT2D eigenvalue weighted by atomic mass is 16.5. The number of allylic oxidation sites excluding steroid dienone is 1. The first kappa shape index (κ1) is 37.2. The van der Waals surface area contributed by atoms with Crippen LogP contribution >= 0.6 is 0 Å². The first-order chi connectivity index (χ1) is 18.7. The molecule has 0 aliphatic heterocycles. The van der Waals surface area contributed by atoms with Gasteiger partial charge in [0.05, 0.1) is 12.7 Å². The molecule has 0 radical (unpaired) electrons. The molecule has 0 bridgehead atoms. The van der Waals surface area contributed by atoms with Crippen LogP contribution in [0.4, 0.5) is 0 Å². The van der Waals surface area contributed by atoms with Crippen LogP contribution in [-0.2, 0) is 9.53 Å². The molecule has 226 valence electrons. The van der Waals surface area contributed by atoms with E-state index in [0.29, 0.717) is 13.0 Å². The smallest absolute Gasteiger partial charge is 0.305 e. The summed E-state index contributed by atoms with van der Waals surface area (Å²) < 4.78 is 5.41. The standard InChI is InChI=1S/C35H68O3/c1-3-5-7-9-10-11-12-13-14-15-18-21-24-28-32-35(37)38-33-29-25-22-19-16-17-20-23-27-31-34(36)30-26-8-6-4-2/h23,27,34,36H,3-22,24-26,28-33H2,1-2H3/b27-23-/t34-/m1/s1. The average Bonchev–Trinajstić information content (AvgIpc) is 2.92. The van der Waals surface area contributed by atoms with Crippen LogP contribution in [0.2, 0.25) is 0 Å². The van der Waals surface area contributed by atoms with Gasteiger partial charge in [-0.05, 0) is 38.5 Å². The maximum Gasteiger partial charge on any atom is 0.305 e. The van der Waals surface area contributed by atoms with Crippen molar-refractivity contribution >= 4 is 5.97 Å². The topological polar surface area (TPSA) is 46.5 Å². The molecule has 1 atom stereocenters. The summed E-state index contributed by atoms with van der Waals surface area (Å²) in [6.45, 7) is 5.10. The second-order valence-electron chi connectivity index (χ2n) is 11.7. The van der Waals surface area contributed by atoms with Gasteiger partial charge in [0.25, 0.3) is 0 Å². The Bertz CT molecular complexity index is 488. The van der Waals surface area contributed by atoms with Crippen LogP contribution in [0.1, 0.15) is 194 Å². The predicted molar refractivity (Wildman–Crippen MR) is 167 cm³/mol. The summed E-state index contributed by atoms with van der Waals surface area (Å²) in [7, 11) is 0. The van der Waals surface area contributed by atoms with Gasteiger partial charge in [0.2, 0.25) is 0 Å². The van der Waals surface area contributed by atoms with E-state index in [-0.39, 0.29) is 12.1 Å². The van der Waals surface area contributed by atoms with Gasteiger partial charge in [0, 0.05) is 6.42 Å². The van der Waals surface area contributed by atoms with Crippen molar-refractivity contribution in [3.63, 3.8) is 0 Å². The van der Waals surface area contributed by atoms with Gasteiger partial charge in [-0.2, -0.15) is 0 Å². The molecular formula is C35H68O3. The highest BCUT2D eigenvalue weighted by molar-refractivity contribution is 5.69. The molecule has 0 aromatic rings. The lowest BCUT2D eigenvalue weighted by molar-refractivity contribution is -0.143. The fourth-order valence-corrected chi connectivity index (χ4v) is 5.09. The molecule has 0 aliphatic carbocycles. The lowest BCUT2D eigenvalue weighted by atomic mass is 10.0. The molecule has 3 nitrogen and oxygen atoms in total. The first-order valence-corrected chi connectivity index (χ1v) is 17.2. The molecule has 0 saturated heterocycles. The van der Waals surface area contributed by atoms with E-state index in [1.807, 2.05) is 0 Å². The Labute approximate surface area is 239 Å². The molecule has 0 fully saturated rings. The number of aliphatic hydroxyl groups is 1. The lowest BCUT2D eigenvalue weighted by Crippen LogP contribution is -2.05. The van der Waals surface area contributed by atoms with Crippen molar-refractivity contribution < 1.29 is 14.6 Å². The summed E-state index contributed by atoms with van der Waals surface area (Å²) >= 11 is 0. The van der Waals surface area contributed by atoms with Crippen LogP contribution in [0, 0.1) is 0 Å². The van der Waals surface area contributed by atoms with Crippen LogP contribution in [0.15, 0.2) is 12.2 Å². The zero-order chi connectivity index (χ0) is 27.8. The van der Waals surface area contributed by atoms with Crippen LogP contribution in [0.5, 0.6) is 0 Å². The summed E-state index contributed by atoms with van der Waals surface area (Å²) in [6.07, 6.45) is 38.6. The molecule has 0 rings (SSSR count). The van der Waals surface area contributed by atoms with E-state index >= 15 is 0 Å². The van der Waals surface area contributed by atoms with Gasteiger partial charge in [-0.25, -0.2) is 0 Å². The number of ether oxygens (including phenoxy) is 1. The molecule has 1 N–H and O–H groups in total. The van der Waals surface area contributed by atoms with Crippen molar-refractivity contribution in [1.29, 1.82) is 0 Å². The van der Waals surface area contributed by atoms with E-state index in [4.69, 9.17) is 4.74 Å². The van der Waals surface area contributed by atoms with E-state index in [1.165, 1.54) is 128 Å². The third-order valence-electron chi connectivity index (χ3n) is 7.73. The monoisotopic (exact) mass is 537 g/mol. The SMILES string of the molecule is CCCCCCCCCCCCCCCCC(=O)OCCCCCCCC/C=C\C[C@H](O)CCCCCC. The van der Waals surface area contributed by atoms with Crippen molar-refractivity contribution in [1.82, 2.24) is 0 Å². The van der Waals surface area contributed by atoms with Gasteiger partial charge in [-0.3, -0.25) is 4.79 Å². The normalized spacial score (nSPS) is 12.4. The zero-order valence-electron chi connectivity index (χ0n) is 26.0. The quantitative estimate of drug-likeness (QED) is 0.0544. The fraction of sp³-hybridized carbons (Fsp3) is 0.914. The van der Waals surface area contributed by atoms with Crippen molar-refractivity contribution in [2.75, 3.05) is 6.61 Å². The predicted octanol–water partition coefficient (Wildman–Crippen LogP) is 11.4. The van der Waals surface area contributed by atoms with Crippen molar-refractivity contribution in [2.45, 2.75) is 200 Å². The minimum atomic E-state index is -0.156. The van der Waals surface area contributed by atoms with Crippen molar-refractivity contribution in [3.8, 4) is 0 Å². The first-order valence-electron chi connectivity index (χ1n) is 17.2. The Balaban J connectivity index is 3.25. The molecule has 0 unspecified atom stereocenters. The van der Waals surface area contributed by atoms with Gasteiger partial charge in [0.1, 0.15) is 0 Å². The van der Waals surface area contributed by atoms with E-state index < -0.39 is 0 Å². The number of rotatable bonds is 31. The average molecular weight is 537 g/mol. The molecule has 0 heterocycles. The lowest BCUT2D eigenvalue weighted by Gasteiger charge is -2.07. The van der Waals surface area contributed by atoms with Gasteiger partial charge in [-0.1, -0.05) is 161 Å². The molecule has 0 aliphatic rings. The van der Waals surface area contributed by atoms with Crippen LogP contribution < -0.4 is 0 Å². The molecule has 0 aromatic carbocycles. The highest BCUT2D eigenvalue weighted by Gasteiger charge is 2.03. The third kappa shape index (κ3) is 31.4. The maximum absolute atomic E-state index is 11.9. The number of unbranched alkanes of at least 4 members (excludes halogenated alkanes) is 22. The second kappa shape index (κ2) is 32.4. The number of carbonyl (C=O) groups excluding carboxylic acids is 1. The van der Waals surface area contributed by atoms with Crippen LogP contribution in [-0.4, -0.2) is 23.8 Å². The molecular weight excluding hydrogens is 468 g/mol. The summed E-state index contributed by atoms with van der Waals surface area (Å²) in [6, 6.07) is 0. The van der Waals surface area contributed by atoms with Crippen LogP contribution in [0.25, 0.3) is 0 Å². The molecule has 3 heteroatoms. The van der Waals surface area contributed by atoms with Gasteiger partial charge in [0.15, 0.2) is 0 Å². The number of hydrogen-bond acceptors (Lipinski definition) is 3. The Morgan fingerprint density at radius 3 is 1.58 bits per heavy atom. The molecule has 0 amide bonds. The largest absolute Gasteiger partial charge is 0.466 e. The summed E-state index contributed by atoms with van der Waals surface area (Å²) in [5.41, 5.74) is 0. The molecule has 0 aromatic heterocycles. The summed E-state index contributed by atoms with van der Waals surface area (Å²) in [4.78, 5) is 11.9. The number of aliphatic hydroxyl groups excluding tert-OH is 1. The van der Waals surface area contributed by atoms with Crippen molar-refractivity contribution in [3.05, 3.63) is 12.2 Å². The van der Waals surface area contributed by atoms with E-state index in [1.54, 1.807) is 0 Å². The Morgan fingerprint density at radius 2 is 1.03 bits per heavy atom. The highest BCUT2D eigenvalue weighted by Crippen LogP contribution is 2.14. The molecule has 38 heavy (non-hydrogen) atoms. The summed E-state index contributed by atoms with van der Waals surface area (Å²) in [5, 5.41) is 9.97. The molecule has 0 spiro atoms. The van der Waals surface area contributed by atoms with E-state index in [0.717, 1.165) is 44.9 Å². The van der Waals surface area contributed by atoms with Gasteiger partial charge >= 0.3 is 5.97 Å². The van der Waals surface area contributed by atoms with E-state index in [9.17, 15) is 9.90 Å². The zero-order valence-corrected chi connectivity index (χ0v) is 26.0. The third-order valence-corrected chi connectivity index (χ3v) is 7.73. The Hall–Kier alpha value is -0.830. The maximum atomic E-state index is 11.9. The minimum absolute atomic E-state index is 0.00167. The van der Waals surface area contributed by atoms with Gasteiger partial charge in [-0.15, -0.1) is 0 Å². The van der Waals surface area contributed by atoms with Gasteiger partial charge < -0.3 is 9.84 Å². The fourth-order valence-electron chi connectivity index (χ4n) is 5.09. The Kier molecular flexibility index (Phi) is 31.7.